The lowest BCUT2D eigenvalue weighted by atomic mass is 10.0. The van der Waals surface area contributed by atoms with Gasteiger partial charge in [-0.05, 0) is 398 Å². The maximum Gasteiger partial charge on any atom is 0.229 e. The highest BCUT2D eigenvalue weighted by Crippen LogP contribution is 2.32. The Kier molecular flexibility index (Phi) is 90.6. The molecule has 1 saturated heterocycles. The SMILES string of the molecule is CC(C)(C)N1CCCCCC1.CCC(=O)N(C(=O)CC)C(C)C.CCC(CC)NC(C)(C)C.CCC(CO)NC(C)(C)C.CCCCN(CC)C(C)(C)C.CCCN(C(=O)CC)C(C)C.CCCN(CC1CC1)C(C)(C)C.CCCN(CCC)C(C)(C)C.CCN(CC)C(C)(C)C.CCN(CCO)C(C)(C)C.CCN(CCO)C(C)C.CN(C)C(C)(C)C. The number of amides is 3. The van der Waals surface area contributed by atoms with E-state index < -0.39 is 0 Å². The van der Waals surface area contributed by atoms with E-state index in [1.165, 1.54) is 141 Å². The molecule has 2 fully saturated rings. The lowest BCUT2D eigenvalue weighted by molar-refractivity contribution is -0.146. The number of aliphatic hydroxyl groups excluding tert-OH is 3. The summed E-state index contributed by atoms with van der Waals surface area (Å²) in [4.78, 5) is 56.5. The fraction of sp³-hybridized carbons (Fsp3) is 0.971. The van der Waals surface area contributed by atoms with Gasteiger partial charge in [-0.15, -0.1) is 0 Å². The topological polar surface area (TPSA) is 168 Å². The summed E-state index contributed by atoms with van der Waals surface area (Å²) in [5.74, 6) is 1.12. The van der Waals surface area contributed by atoms with Crippen molar-refractivity contribution in [3.63, 3.8) is 0 Å². The number of likely N-dealkylation sites (N-methyl/N-ethyl adjacent to an activating group) is 2. The molecule has 1 atom stereocenters. The Bertz CT molecular complexity index is 2210. The highest BCUT2D eigenvalue weighted by Gasteiger charge is 2.30. The number of hydrogen-bond donors (Lipinski definition) is 5. The molecule has 123 heavy (non-hydrogen) atoms. The van der Waals surface area contributed by atoms with Crippen LogP contribution in [0.25, 0.3) is 0 Å². The molecule has 3 amide bonds. The first-order valence-corrected chi connectivity index (χ1v) is 50.5. The first-order chi connectivity index (χ1) is 56.0. The van der Waals surface area contributed by atoms with E-state index >= 15 is 0 Å². The van der Waals surface area contributed by atoms with E-state index in [1.807, 2.05) is 25.7 Å². The molecule has 0 aromatic carbocycles. The van der Waals surface area contributed by atoms with Crippen LogP contribution < -0.4 is 10.6 Å². The van der Waals surface area contributed by atoms with Gasteiger partial charge in [0.05, 0.1) is 19.8 Å². The van der Waals surface area contributed by atoms with Crippen LogP contribution in [0, 0.1) is 5.92 Å². The Morgan fingerprint density at radius 2 is 0.683 bits per heavy atom. The van der Waals surface area contributed by atoms with E-state index in [-0.39, 0.29) is 66.2 Å². The molecule has 0 bridgehead atoms. The van der Waals surface area contributed by atoms with Crippen LogP contribution in [0.2, 0.25) is 0 Å². The molecule has 1 aliphatic heterocycles. The monoisotopic (exact) mass is 1760 g/mol. The highest BCUT2D eigenvalue weighted by molar-refractivity contribution is 5.95. The molecule has 1 aliphatic carbocycles. The average Bonchev–Trinajstić information content (AvgIpc) is 1.74. The summed E-state index contributed by atoms with van der Waals surface area (Å²) >= 11 is 0. The van der Waals surface area contributed by atoms with Crippen LogP contribution >= 0.6 is 0 Å². The number of rotatable bonds is 34. The normalized spacial score (nSPS) is 13.8. The van der Waals surface area contributed by atoms with Gasteiger partial charge in [0.2, 0.25) is 17.7 Å². The van der Waals surface area contributed by atoms with Crippen molar-refractivity contribution in [2.24, 2.45) is 5.92 Å². The van der Waals surface area contributed by atoms with Crippen LogP contribution in [0.4, 0.5) is 0 Å². The van der Waals surface area contributed by atoms with E-state index in [9.17, 15) is 14.4 Å². The van der Waals surface area contributed by atoms with Gasteiger partial charge >= 0.3 is 0 Å². The van der Waals surface area contributed by atoms with Crippen LogP contribution in [0.3, 0.4) is 0 Å². The van der Waals surface area contributed by atoms with Gasteiger partial charge in [0.1, 0.15) is 0 Å². The zero-order valence-electron chi connectivity index (χ0n) is 94.0. The number of nitrogens with zero attached hydrogens (tertiary/aromatic N) is 10. The summed E-state index contributed by atoms with van der Waals surface area (Å²) < 4.78 is 0. The Morgan fingerprint density at radius 1 is 0.358 bits per heavy atom. The second kappa shape index (κ2) is 78.7. The van der Waals surface area contributed by atoms with Crippen molar-refractivity contribution in [2.45, 2.75) is 535 Å². The maximum atomic E-state index is 11.3. The molecule has 0 aromatic rings. The predicted octanol–water partition coefficient (Wildman–Crippen LogP) is 24.0. The van der Waals surface area contributed by atoms with Crippen molar-refractivity contribution in [1.29, 1.82) is 0 Å². The van der Waals surface area contributed by atoms with Crippen LogP contribution in [-0.2, 0) is 14.4 Å². The summed E-state index contributed by atoms with van der Waals surface area (Å²) in [6, 6.07) is 1.83. The third kappa shape index (κ3) is 90.4. The van der Waals surface area contributed by atoms with Gasteiger partial charge in [0.15, 0.2) is 0 Å². The first-order valence-electron chi connectivity index (χ1n) is 50.5. The van der Waals surface area contributed by atoms with Crippen molar-refractivity contribution >= 4 is 17.7 Å². The van der Waals surface area contributed by atoms with Gasteiger partial charge in [-0.1, -0.05) is 130 Å². The van der Waals surface area contributed by atoms with Crippen molar-refractivity contribution in [3.05, 3.63) is 0 Å². The minimum absolute atomic E-state index is 0.0232. The molecule has 5 N–H and O–H groups in total. The quantitative estimate of drug-likeness (QED) is 0.0412. The number of likely N-dealkylation sites (tertiary alicyclic amines) is 1. The minimum Gasteiger partial charge on any atom is -0.395 e. The zero-order chi connectivity index (χ0) is 99.3. The van der Waals surface area contributed by atoms with Crippen molar-refractivity contribution < 1.29 is 29.7 Å². The van der Waals surface area contributed by atoms with Gasteiger partial charge in [-0.2, -0.15) is 0 Å². The summed E-state index contributed by atoms with van der Waals surface area (Å²) in [5.41, 5.74) is 2.74. The molecule has 0 aromatic heterocycles. The van der Waals surface area contributed by atoms with E-state index in [0.717, 1.165) is 64.6 Å². The maximum absolute atomic E-state index is 11.3. The van der Waals surface area contributed by atoms with Gasteiger partial charge in [-0.3, -0.25) is 53.6 Å². The number of imide groups is 1. The van der Waals surface area contributed by atoms with Gasteiger partial charge < -0.3 is 35.8 Å². The molecule has 1 unspecified atom stereocenters. The standard InChI is InChI=1S/C11H23N.C10H21N.2C10H23N.C9H17NO2.C9H19NO.C9H21N.2C8H19NO.C8H19N.C7H17NO.C6H15N/c1-5-8-12(11(2,3)4)9-10-6-7-10;1-10(2,3)11-8-6-4-5-7-9-11;1-6-8-9-11(7-2)10(3,4)5;1-6-8-11(9-7-2)10(3,4)5;1-5-8(11)10(7(3)4)9(12)6-2;1-5-7-10(8(3)4)9(11)6-2;1-6-8(7-2)10-9(3,4)5;1-5-9(6-7-10)8(2,3)4;1-5-7(6-10)9-8(2,3)4;1-6-9(7-2)8(3,4)5;1-4-8(5-6-9)7(2)3;1-6(2,3)7(4)5/h10H,5-9H2,1-4H3;4-9H2,1-3H3;2*6-9H2,1-5H3;7H,5-6H2,1-4H3;8H,5-7H2,1-4H3;8,10H,6-7H2,1-5H3;10H,5-7H2,1-4H3;7,9-10H,5-6H2,1-4H3;6-7H2,1-5H3;7,9H,4-6H2,1-3H3;1-5H3. The summed E-state index contributed by atoms with van der Waals surface area (Å²) in [6.07, 6.45) is 20.9. The third-order valence-corrected chi connectivity index (χ3v) is 21.8. The van der Waals surface area contributed by atoms with Gasteiger partial charge in [0.25, 0.3) is 0 Å². The summed E-state index contributed by atoms with van der Waals surface area (Å²) in [7, 11) is 4.17. The Balaban J connectivity index is -0.000000142. The molecule has 2 rings (SSSR count). The number of carbonyl (C=O) groups excluding carboxylic acids is 3. The van der Waals surface area contributed by atoms with Crippen molar-refractivity contribution in [2.75, 3.05) is 132 Å². The number of hydrogen-bond acceptors (Lipinski definition) is 16. The number of unbranched alkanes of at least 4 members (excludes halogenated alkanes) is 1. The summed E-state index contributed by atoms with van der Waals surface area (Å²) in [6.45, 7) is 124. The van der Waals surface area contributed by atoms with Crippen molar-refractivity contribution in [1.82, 2.24) is 59.6 Å². The Hall–Kier alpha value is -1.91. The van der Waals surface area contributed by atoms with Crippen LogP contribution in [-0.4, -0.2) is 294 Å². The average molecular weight is 1760 g/mol. The van der Waals surface area contributed by atoms with Crippen LogP contribution in [0.1, 0.15) is 455 Å². The largest absolute Gasteiger partial charge is 0.395 e. The molecule has 752 valence electrons. The molecule has 2 aliphatic rings. The fourth-order valence-corrected chi connectivity index (χ4v) is 13.3. The fourth-order valence-electron chi connectivity index (χ4n) is 13.3. The molecular weight excluding hydrogens is 1530 g/mol. The number of aliphatic hydroxyl groups is 3. The predicted molar refractivity (Wildman–Crippen MR) is 554 cm³/mol. The van der Waals surface area contributed by atoms with E-state index in [4.69, 9.17) is 15.3 Å². The van der Waals surface area contributed by atoms with Gasteiger partial charge in [-0.25, -0.2) is 0 Å². The van der Waals surface area contributed by atoms with Crippen molar-refractivity contribution in [3.8, 4) is 0 Å². The van der Waals surface area contributed by atoms with Crippen LogP contribution in [0.5, 0.6) is 0 Å². The smallest absolute Gasteiger partial charge is 0.229 e. The molecular formula is C105H236N12O6. The summed E-state index contributed by atoms with van der Waals surface area (Å²) in [5, 5.41) is 33.0. The second-order valence-corrected chi connectivity index (χ2v) is 43.8. The molecule has 1 heterocycles. The van der Waals surface area contributed by atoms with Gasteiger partial charge in [0, 0.05) is 126 Å². The number of carbonyl (C=O) groups is 3. The van der Waals surface area contributed by atoms with E-state index in [2.05, 4.69) is 369 Å². The van der Waals surface area contributed by atoms with E-state index in [0.29, 0.717) is 70.6 Å². The zero-order valence-corrected chi connectivity index (χ0v) is 94.0. The number of nitrogens with one attached hydrogen (secondary N) is 2. The first kappa shape index (κ1) is 142. The lowest BCUT2D eigenvalue weighted by Crippen LogP contribution is -2.45. The highest BCUT2D eigenvalue weighted by atomic mass is 16.3. The number of β-amino-alcohol motifs (C(OH)–C–C–N with tert-alkyl or cyclic N) is 1. The third-order valence-electron chi connectivity index (χ3n) is 21.8. The Morgan fingerprint density at radius 3 is 0.862 bits per heavy atom. The lowest BCUT2D eigenvalue weighted by Gasteiger charge is -2.35. The second-order valence-electron chi connectivity index (χ2n) is 43.8. The molecule has 0 spiro atoms. The van der Waals surface area contributed by atoms with Crippen LogP contribution in [0.15, 0.2) is 0 Å². The molecule has 1 saturated carbocycles. The molecule has 18 nitrogen and oxygen atoms in total. The Labute approximate surface area is 775 Å². The molecule has 18 heteroatoms. The van der Waals surface area contributed by atoms with E-state index in [1.54, 1.807) is 13.8 Å². The molecule has 0 radical (unpaired) electrons. The minimum atomic E-state index is -0.0862.